The van der Waals surface area contributed by atoms with Crippen molar-refractivity contribution in [1.29, 1.82) is 0 Å². The number of anilines is 1. The van der Waals surface area contributed by atoms with Crippen molar-refractivity contribution in [3.63, 3.8) is 0 Å². The highest BCUT2D eigenvalue weighted by atomic mass is 16.2. The van der Waals surface area contributed by atoms with Crippen LogP contribution in [0.5, 0.6) is 0 Å². The fourth-order valence-electron chi connectivity index (χ4n) is 2.62. The molecule has 0 radical (unpaired) electrons. The molecule has 23 heavy (non-hydrogen) atoms. The molecule has 1 atom stereocenters. The number of carbonyl (C=O) groups is 4. The van der Waals surface area contributed by atoms with Gasteiger partial charge in [-0.2, -0.15) is 4.91 Å². The zero-order chi connectivity index (χ0) is 16.6. The third-order valence-corrected chi connectivity index (χ3v) is 3.66. The third-order valence-electron chi connectivity index (χ3n) is 3.66. The number of carbonyl (C=O) groups excluding carboxylic acids is 4. The molecule has 4 amide bonds. The van der Waals surface area contributed by atoms with Crippen LogP contribution in [0.1, 0.15) is 33.6 Å². The van der Waals surface area contributed by atoms with Crippen LogP contribution in [0.15, 0.2) is 23.4 Å². The Hall–Kier alpha value is -3.39. The second kappa shape index (κ2) is 5.43. The van der Waals surface area contributed by atoms with Crippen LogP contribution in [0.3, 0.4) is 0 Å². The average molecular weight is 314 g/mol. The minimum absolute atomic E-state index is 0.0630. The molecule has 3 rings (SSSR count). The fraction of sp³-hybridized carbons (Fsp3) is 0.231. The molecule has 1 unspecified atom stereocenters. The minimum Gasteiger partial charge on any atom is -0.295 e. The van der Waals surface area contributed by atoms with Crippen molar-refractivity contribution < 1.29 is 19.2 Å². The van der Waals surface area contributed by atoms with E-state index in [4.69, 9.17) is 5.53 Å². The van der Waals surface area contributed by atoms with Gasteiger partial charge < -0.3 is 0 Å². The molecule has 1 saturated heterocycles. The van der Waals surface area contributed by atoms with Crippen molar-refractivity contribution in [3.8, 4) is 0 Å². The molecule has 0 saturated carbocycles. The van der Waals surface area contributed by atoms with Crippen molar-refractivity contribution >= 4 is 29.3 Å². The largest absolute Gasteiger partial charge is 0.295 e. The summed E-state index contributed by atoms with van der Waals surface area (Å²) in [6.45, 7) is 0. The van der Waals surface area contributed by atoms with E-state index in [1.54, 1.807) is 0 Å². The van der Waals surface area contributed by atoms with Crippen LogP contribution < -0.4 is 10.7 Å². The number of nitrogens with one attached hydrogen (secondary N) is 2. The smallest absolute Gasteiger partial charge is 0.262 e. The lowest BCUT2D eigenvalue weighted by atomic mass is 10.0. The molecule has 1 fully saturated rings. The molecule has 116 valence electrons. The van der Waals surface area contributed by atoms with Crippen LogP contribution in [-0.2, 0) is 9.59 Å². The van der Waals surface area contributed by atoms with E-state index in [0.29, 0.717) is 5.69 Å². The Morgan fingerprint density at radius 2 is 1.96 bits per heavy atom. The SMILES string of the molecule is [N-]=[N+]=NNc1ccc2c(c1)C(=O)N(C1CCC(=O)NC1=O)C2=O. The van der Waals surface area contributed by atoms with E-state index in [-0.39, 0.29) is 24.0 Å². The first-order valence-electron chi connectivity index (χ1n) is 6.68. The zero-order valence-corrected chi connectivity index (χ0v) is 11.6. The maximum absolute atomic E-state index is 12.5. The Labute approximate surface area is 129 Å². The summed E-state index contributed by atoms with van der Waals surface area (Å²) in [4.78, 5) is 51.3. The first-order chi connectivity index (χ1) is 11.0. The first-order valence-corrected chi connectivity index (χ1v) is 6.68. The molecule has 2 aliphatic heterocycles. The van der Waals surface area contributed by atoms with Crippen LogP contribution in [-0.4, -0.2) is 34.6 Å². The summed E-state index contributed by atoms with van der Waals surface area (Å²) in [7, 11) is 0. The standard InChI is InChI=1S/C13H10N6O4/c14-17-18-16-6-1-2-7-8(5-6)13(23)19(12(7)22)9-3-4-10(20)15-11(9)21/h1-2,5,9,16H,3-4H2,(H,15,20,21). The van der Waals surface area contributed by atoms with Crippen molar-refractivity contribution in [2.45, 2.75) is 18.9 Å². The molecule has 1 aromatic rings. The number of rotatable bonds is 3. The van der Waals surface area contributed by atoms with Gasteiger partial charge >= 0.3 is 0 Å². The maximum atomic E-state index is 12.5. The van der Waals surface area contributed by atoms with E-state index in [2.05, 4.69) is 20.9 Å². The van der Waals surface area contributed by atoms with Gasteiger partial charge in [0.2, 0.25) is 11.8 Å². The second-order valence-electron chi connectivity index (χ2n) is 5.01. The van der Waals surface area contributed by atoms with Gasteiger partial charge in [0, 0.05) is 6.42 Å². The number of imide groups is 2. The summed E-state index contributed by atoms with van der Waals surface area (Å²) in [5.74, 6) is -2.30. The summed E-state index contributed by atoms with van der Waals surface area (Å²) in [6, 6.07) is 3.26. The van der Waals surface area contributed by atoms with Gasteiger partial charge in [0.15, 0.2) is 0 Å². The third kappa shape index (κ3) is 2.36. The Balaban J connectivity index is 1.92. The summed E-state index contributed by atoms with van der Waals surface area (Å²) < 4.78 is 0. The molecule has 0 bridgehead atoms. The molecule has 1 aromatic carbocycles. The summed E-state index contributed by atoms with van der Waals surface area (Å²) >= 11 is 0. The number of azide groups is 1. The van der Waals surface area contributed by atoms with Gasteiger partial charge in [-0.3, -0.25) is 29.4 Å². The molecule has 10 heteroatoms. The Morgan fingerprint density at radius 1 is 1.22 bits per heavy atom. The number of fused-ring (bicyclic) bond motifs is 1. The lowest BCUT2D eigenvalue weighted by Crippen LogP contribution is -2.54. The maximum Gasteiger partial charge on any atom is 0.262 e. The first kappa shape index (κ1) is 14.5. The highest BCUT2D eigenvalue weighted by molar-refractivity contribution is 6.23. The summed E-state index contributed by atoms with van der Waals surface area (Å²) in [5.41, 5.74) is 11.3. The van der Waals surface area contributed by atoms with Crippen LogP contribution in [0.4, 0.5) is 5.69 Å². The molecule has 0 spiro atoms. The predicted molar refractivity (Wildman–Crippen MR) is 75.9 cm³/mol. The normalized spacial score (nSPS) is 20.0. The monoisotopic (exact) mass is 314 g/mol. The number of piperidine rings is 1. The van der Waals surface area contributed by atoms with E-state index >= 15 is 0 Å². The molecule has 10 nitrogen and oxygen atoms in total. The van der Waals surface area contributed by atoms with E-state index in [1.807, 2.05) is 0 Å². The molecule has 2 heterocycles. The summed E-state index contributed by atoms with van der Waals surface area (Å²) in [5, 5.41) is 5.28. The molecular weight excluding hydrogens is 304 g/mol. The Morgan fingerprint density at radius 3 is 2.65 bits per heavy atom. The van der Waals surface area contributed by atoms with E-state index in [1.165, 1.54) is 18.2 Å². The van der Waals surface area contributed by atoms with Crippen molar-refractivity contribution in [2.24, 2.45) is 5.22 Å². The number of amides is 4. The summed E-state index contributed by atoms with van der Waals surface area (Å²) in [6.07, 6.45) is 0.160. The lowest BCUT2D eigenvalue weighted by Gasteiger charge is -2.27. The van der Waals surface area contributed by atoms with Gasteiger partial charge in [-0.25, -0.2) is 5.43 Å². The topological polar surface area (TPSA) is 144 Å². The van der Waals surface area contributed by atoms with Crippen LogP contribution in [0.2, 0.25) is 0 Å². The Kier molecular flexibility index (Phi) is 3.43. The van der Waals surface area contributed by atoms with E-state index in [9.17, 15) is 19.2 Å². The molecule has 2 aliphatic rings. The number of hydrogen-bond donors (Lipinski definition) is 2. The van der Waals surface area contributed by atoms with Crippen LogP contribution >= 0.6 is 0 Å². The molecule has 0 aromatic heterocycles. The van der Waals surface area contributed by atoms with Gasteiger partial charge in [0.25, 0.3) is 11.8 Å². The predicted octanol–water partition coefficient (Wildman–Crippen LogP) is 0.725. The molecule has 0 aliphatic carbocycles. The van der Waals surface area contributed by atoms with E-state index in [0.717, 1.165) is 4.90 Å². The number of hydrogen-bond acceptors (Lipinski definition) is 5. The highest BCUT2D eigenvalue weighted by Crippen LogP contribution is 2.29. The second-order valence-corrected chi connectivity index (χ2v) is 5.01. The lowest BCUT2D eigenvalue weighted by molar-refractivity contribution is -0.136. The quantitative estimate of drug-likeness (QED) is 0.278. The number of benzene rings is 1. The number of nitrogens with zero attached hydrogens (tertiary/aromatic N) is 4. The minimum atomic E-state index is -1.01. The van der Waals surface area contributed by atoms with Gasteiger partial charge in [-0.15, -0.1) is 5.53 Å². The Bertz CT molecular complexity index is 798. The van der Waals surface area contributed by atoms with E-state index < -0.39 is 29.7 Å². The van der Waals surface area contributed by atoms with Crippen molar-refractivity contribution in [1.82, 2.24) is 10.2 Å². The average Bonchev–Trinajstić information content (AvgIpc) is 2.77. The van der Waals surface area contributed by atoms with Gasteiger partial charge in [-0.05, 0) is 29.8 Å². The van der Waals surface area contributed by atoms with Gasteiger partial charge in [0.1, 0.15) is 11.7 Å². The van der Waals surface area contributed by atoms with Crippen molar-refractivity contribution in [3.05, 3.63) is 39.8 Å². The van der Waals surface area contributed by atoms with Crippen LogP contribution in [0, 0.1) is 0 Å². The highest BCUT2D eigenvalue weighted by Gasteiger charge is 2.44. The van der Waals surface area contributed by atoms with Crippen molar-refractivity contribution in [2.75, 3.05) is 5.43 Å². The molecule has 2 N–H and O–H groups in total. The fourth-order valence-corrected chi connectivity index (χ4v) is 2.62. The molecular formula is C13H10N6O4. The van der Waals surface area contributed by atoms with Gasteiger partial charge in [-0.1, -0.05) is 0 Å². The zero-order valence-electron chi connectivity index (χ0n) is 11.6. The van der Waals surface area contributed by atoms with Gasteiger partial charge in [0.05, 0.1) is 11.1 Å². The van der Waals surface area contributed by atoms with Crippen LogP contribution in [0.25, 0.3) is 10.4 Å².